The van der Waals surface area contributed by atoms with Gasteiger partial charge in [-0.25, -0.2) is 0 Å². The summed E-state index contributed by atoms with van der Waals surface area (Å²) in [5.74, 6) is -0.146. The van der Waals surface area contributed by atoms with E-state index in [0.717, 1.165) is 24.2 Å². The van der Waals surface area contributed by atoms with Crippen LogP contribution in [0.2, 0.25) is 5.02 Å². The minimum atomic E-state index is -0.146. The normalized spacial score (nSPS) is 11.6. The van der Waals surface area contributed by atoms with E-state index in [1.807, 2.05) is 18.4 Å². The zero-order valence-electron chi connectivity index (χ0n) is 11.8. The number of nitrogens with two attached hydrogens (primary N) is 1. The maximum Gasteiger partial charge on any atom is 0.253 e. The second-order valence-corrected chi connectivity index (χ2v) is 5.68. The Morgan fingerprint density at radius 1 is 1.50 bits per heavy atom. The molecule has 3 N–H and O–H groups in total. The fourth-order valence-corrected chi connectivity index (χ4v) is 2.41. The van der Waals surface area contributed by atoms with Crippen LogP contribution in [0, 0.1) is 0 Å². The van der Waals surface area contributed by atoms with E-state index in [9.17, 15) is 4.79 Å². The molecule has 0 saturated heterocycles. The van der Waals surface area contributed by atoms with Gasteiger partial charge in [-0.2, -0.15) is 0 Å². The van der Waals surface area contributed by atoms with E-state index < -0.39 is 0 Å². The van der Waals surface area contributed by atoms with Crippen LogP contribution < -0.4 is 11.1 Å². The third kappa shape index (κ3) is 5.92. The Balaban J connectivity index is 0.00000361. The molecule has 20 heavy (non-hydrogen) atoms. The molecule has 0 aromatic heterocycles. The van der Waals surface area contributed by atoms with E-state index in [-0.39, 0.29) is 24.4 Å². The highest BCUT2D eigenvalue weighted by Gasteiger charge is 2.15. The first kappa shape index (κ1) is 19.6. The highest BCUT2D eigenvalue weighted by molar-refractivity contribution is 7.98. The quantitative estimate of drug-likeness (QED) is 0.746. The van der Waals surface area contributed by atoms with Crippen LogP contribution in [-0.2, 0) is 0 Å². The zero-order valence-corrected chi connectivity index (χ0v) is 14.2. The molecule has 114 valence electrons. The number of thioether (sulfide) groups is 1. The van der Waals surface area contributed by atoms with Crippen molar-refractivity contribution in [2.45, 2.75) is 37.1 Å². The molecule has 0 spiro atoms. The number of hydrogen-bond acceptors (Lipinski definition) is 3. The van der Waals surface area contributed by atoms with Crippen LogP contribution in [0.1, 0.15) is 36.5 Å². The van der Waals surface area contributed by atoms with Crippen LogP contribution in [-0.4, -0.2) is 24.7 Å². The molecule has 0 aliphatic carbocycles. The lowest BCUT2D eigenvalue weighted by molar-refractivity contribution is 0.0935. The van der Waals surface area contributed by atoms with E-state index >= 15 is 0 Å². The topological polar surface area (TPSA) is 55.1 Å². The maximum absolute atomic E-state index is 12.2. The lowest BCUT2D eigenvalue weighted by atomic mass is 10.1. The number of hydrogen-bond donors (Lipinski definition) is 2. The minimum absolute atomic E-state index is 0. The van der Waals surface area contributed by atoms with Crippen molar-refractivity contribution in [1.29, 1.82) is 0 Å². The summed E-state index contributed by atoms with van der Waals surface area (Å²) in [4.78, 5) is 13.2. The van der Waals surface area contributed by atoms with Gasteiger partial charge in [0.15, 0.2) is 0 Å². The van der Waals surface area contributed by atoms with Gasteiger partial charge in [0.05, 0.1) is 10.6 Å². The number of benzene rings is 1. The Morgan fingerprint density at radius 2 is 2.20 bits per heavy atom. The van der Waals surface area contributed by atoms with Gasteiger partial charge < -0.3 is 11.1 Å². The molecular weight excluding hydrogens is 315 g/mol. The molecule has 0 fully saturated rings. The number of carbonyl (C=O) groups is 1. The number of amides is 1. The van der Waals surface area contributed by atoms with E-state index in [2.05, 4.69) is 12.2 Å². The average Bonchev–Trinajstić information content (AvgIpc) is 2.43. The monoisotopic (exact) mass is 336 g/mol. The smallest absolute Gasteiger partial charge is 0.253 e. The largest absolute Gasteiger partial charge is 0.348 e. The van der Waals surface area contributed by atoms with Gasteiger partial charge in [-0.15, -0.1) is 24.2 Å². The average molecular weight is 337 g/mol. The first-order valence-corrected chi connectivity index (χ1v) is 8.07. The second kappa shape index (κ2) is 10.3. The fraction of sp³-hybridized carbons (Fsp3) is 0.500. The molecule has 1 rings (SSSR count). The van der Waals surface area contributed by atoms with E-state index in [4.69, 9.17) is 17.3 Å². The summed E-state index contributed by atoms with van der Waals surface area (Å²) in [6, 6.07) is 5.49. The highest BCUT2D eigenvalue weighted by atomic mass is 35.5. The lowest BCUT2D eigenvalue weighted by Gasteiger charge is -2.17. The molecule has 1 aromatic carbocycles. The third-order valence-corrected chi connectivity index (χ3v) is 4.00. The van der Waals surface area contributed by atoms with Gasteiger partial charge in [0, 0.05) is 17.5 Å². The Kier molecular flexibility index (Phi) is 10.1. The summed E-state index contributed by atoms with van der Waals surface area (Å²) in [5.41, 5.74) is 6.20. The number of unbranched alkanes of at least 4 members (excludes halogenated alkanes) is 1. The SMILES string of the molecule is CCCCC(CN)NC(=O)c1cc(SC)ccc1Cl.Cl. The van der Waals surface area contributed by atoms with E-state index in [0.29, 0.717) is 17.1 Å². The van der Waals surface area contributed by atoms with Crippen molar-refractivity contribution in [3.05, 3.63) is 28.8 Å². The van der Waals surface area contributed by atoms with Crippen molar-refractivity contribution in [2.75, 3.05) is 12.8 Å². The molecule has 1 unspecified atom stereocenters. The predicted molar refractivity (Wildman–Crippen MR) is 90.3 cm³/mol. The summed E-state index contributed by atoms with van der Waals surface area (Å²) in [6.07, 6.45) is 5.02. The molecule has 1 atom stereocenters. The van der Waals surface area contributed by atoms with Crippen molar-refractivity contribution in [1.82, 2.24) is 5.32 Å². The van der Waals surface area contributed by atoms with Gasteiger partial charge in [-0.3, -0.25) is 4.79 Å². The van der Waals surface area contributed by atoms with Crippen molar-refractivity contribution in [2.24, 2.45) is 5.73 Å². The molecule has 0 saturated carbocycles. The molecule has 0 radical (unpaired) electrons. The lowest BCUT2D eigenvalue weighted by Crippen LogP contribution is -2.40. The van der Waals surface area contributed by atoms with Crippen molar-refractivity contribution < 1.29 is 4.79 Å². The van der Waals surface area contributed by atoms with Crippen molar-refractivity contribution >= 4 is 41.7 Å². The molecule has 0 aliphatic heterocycles. The van der Waals surface area contributed by atoms with Crippen molar-refractivity contribution in [3.63, 3.8) is 0 Å². The maximum atomic E-state index is 12.2. The second-order valence-electron chi connectivity index (χ2n) is 4.39. The van der Waals surface area contributed by atoms with Gasteiger partial charge in [0.25, 0.3) is 5.91 Å². The molecule has 3 nitrogen and oxygen atoms in total. The van der Waals surface area contributed by atoms with E-state index in [1.165, 1.54) is 0 Å². The predicted octanol–water partition coefficient (Wildman–Crippen LogP) is 3.73. The summed E-state index contributed by atoms with van der Waals surface area (Å²) >= 11 is 7.66. The molecule has 0 aliphatic rings. The van der Waals surface area contributed by atoms with Gasteiger partial charge >= 0.3 is 0 Å². The van der Waals surface area contributed by atoms with Crippen LogP contribution in [0.25, 0.3) is 0 Å². The van der Waals surface area contributed by atoms with Crippen molar-refractivity contribution in [3.8, 4) is 0 Å². The van der Waals surface area contributed by atoms with Gasteiger partial charge in [-0.1, -0.05) is 31.4 Å². The van der Waals surface area contributed by atoms with Gasteiger partial charge in [0.2, 0.25) is 0 Å². The zero-order chi connectivity index (χ0) is 14.3. The Morgan fingerprint density at radius 3 is 2.75 bits per heavy atom. The van der Waals surface area contributed by atoms with Crippen LogP contribution >= 0.6 is 35.8 Å². The number of halogens is 2. The summed E-state index contributed by atoms with van der Waals surface area (Å²) in [7, 11) is 0. The van der Waals surface area contributed by atoms with E-state index in [1.54, 1.807) is 17.8 Å². The number of rotatable bonds is 7. The number of nitrogens with one attached hydrogen (secondary N) is 1. The first-order chi connectivity index (χ1) is 9.12. The standard InChI is InChI=1S/C14H21ClN2OS.ClH/c1-3-4-5-10(9-16)17-14(18)12-8-11(19-2)6-7-13(12)15;/h6-8,10H,3-5,9,16H2,1-2H3,(H,17,18);1H. The van der Waals surface area contributed by atoms with Crippen LogP contribution in [0.5, 0.6) is 0 Å². The molecule has 1 amide bonds. The minimum Gasteiger partial charge on any atom is -0.348 e. The van der Waals surface area contributed by atoms with Crippen LogP contribution in [0.4, 0.5) is 0 Å². The summed E-state index contributed by atoms with van der Waals surface area (Å²) in [6.45, 7) is 2.57. The molecule has 0 heterocycles. The molecular formula is C14H22Cl2N2OS. The molecule has 1 aromatic rings. The Labute approximate surface area is 136 Å². The van der Waals surface area contributed by atoms with Gasteiger partial charge in [0.1, 0.15) is 0 Å². The molecule has 0 bridgehead atoms. The summed E-state index contributed by atoms with van der Waals surface area (Å²) < 4.78 is 0. The highest BCUT2D eigenvalue weighted by Crippen LogP contribution is 2.23. The Hall–Kier alpha value is -0.420. The Bertz CT molecular complexity index is 430. The fourth-order valence-electron chi connectivity index (χ4n) is 1.77. The number of carbonyl (C=O) groups excluding carboxylic acids is 1. The van der Waals surface area contributed by atoms with Crippen LogP contribution in [0.15, 0.2) is 23.1 Å². The summed E-state index contributed by atoms with van der Waals surface area (Å²) in [5, 5.41) is 3.43. The third-order valence-electron chi connectivity index (χ3n) is 2.94. The van der Waals surface area contributed by atoms with Crippen LogP contribution in [0.3, 0.4) is 0 Å². The first-order valence-electron chi connectivity index (χ1n) is 6.46. The van der Waals surface area contributed by atoms with Gasteiger partial charge in [-0.05, 0) is 30.9 Å². The molecule has 6 heteroatoms.